The van der Waals surface area contributed by atoms with Crippen LogP contribution in [-0.4, -0.2) is 21.5 Å². The molecule has 1 aromatic rings. The van der Waals surface area contributed by atoms with Gasteiger partial charge in [-0.1, -0.05) is 13.1 Å². The molecule has 1 aromatic heterocycles. The van der Waals surface area contributed by atoms with Crippen LogP contribution in [0, 0.1) is 0 Å². The summed E-state index contributed by atoms with van der Waals surface area (Å²) < 4.78 is 2.00. The van der Waals surface area contributed by atoms with Crippen molar-refractivity contribution >= 4 is 6.71 Å². The van der Waals surface area contributed by atoms with E-state index in [1.165, 1.54) is 6.32 Å². The first-order chi connectivity index (χ1) is 4.86. The van der Waals surface area contributed by atoms with Crippen molar-refractivity contribution in [2.75, 3.05) is 0 Å². The maximum atomic E-state index is 4.16. The van der Waals surface area contributed by atoms with Gasteiger partial charge in [0.2, 0.25) is 0 Å². The van der Waals surface area contributed by atoms with E-state index in [0.29, 0.717) is 0 Å². The van der Waals surface area contributed by atoms with Crippen molar-refractivity contribution in [3.05, 3.63) is 12.2 Å². The fourth-order valence-electron chi connectivity index (χ4n) is 1.39. The van der Waals surface area contributed by atoms with Gasteiger partial charge in [0.1, 0.15) is 18.9 Å². The van der Waals surface area contributed by atoms with Gasteiger partial charge in [0.05, 0.1) is 0 Å². The van der Waals surface area contributed by atoms with Crippen LogP contribution in [-0.2, 0) is 12.9 Å². The number of hydrogen-bond donors (Lipinski definition) is 0. The molecule has 1 aliphatic rings. The highest BCUT2D eigenvalue weighted by molar-refractivity contribution is 6.56. The van der Waals surface area contributed by atoms with Crippen LogP contribution in [0.15, 0.2) is 6.33 Å². The van der Waals surface area contributed by atoms with Gasteiger partial charge in [0.15, 0.2) is 0 Å². The monoisotopic (exact) mass is 135 g/mol. The molecule has 0 bridgehead atoms. The van der Waals surface area contributed by atoms with Crippen molar-refractivity contribution in [3.63, 3.8) is 0 Å². The molecule has 4 heteroatoms. The van der Waals surface area contributed by atoms with Gasteiger partial charge >= 0.3 is 0 Å². The van der Waals surface area contributed by atoms with E-state index >= 15 is 0 Å². The second-order valence-corrected chi connectivity index (χ2v) is 3.00. The van der Waals surface area contributed by atoms with Crippen molar-refractivity contribution < 1.29 is 0 Å². The van der Waals surface area contributed by atoms with Gasteiger partial charge in [-0.3, -0.25) is 4.68 Å². The number of aryl methyl sites for hydroxylation is 1. The first-order valence-electron chi connectivity index (χ1n) is 3.73. The molecule has 52 valence electrons. The molecule has 0 N–H and O–H groups in total. The average molecular weight is 135 g/mol. The lowest BCUT2D eigenvalue weighted by molar-refractivity contribution is 0.608. The van der Waals surface area contributed by atoms with Gasteiger partial charge in [-0.05, 0) is 6.32 Å². The zero-order chi connectivity index (χ0) is 6.97. The number of aromatic nitrogens is 3. The summed E-state index contributed by atoms with van der Waals surface area (Å²) >= 11 is 0. The van der Waals surface area contributed by atoms with Crippen molar-refractivity contribution in [2.45, 2.75) is 26.0 Å². The Bertz CT molecular complexity index is 233. The zero-order valence-electron chi connectivity index (χ0n) is 6.12. The Labute approximate surface area is 60.5 Å². The average Bonchev–Trinajstić information content (AvgIpc) is 2.33. The van der Waals surface area contributed by atoms with Gasteiger partial charge in [0, 0.05) is 6.54 Å². The predicted octanol–water partition coefficient (Wildman–Crippen LogP) is 0.498. The van der Waals surface area contributed by atoms with Crippen LogP contribution in [0.4, 0.5) is 0 Å². The Morgan fingerprint density at radius 1 is 1.70 bits per heavy atom. The van der Waals surface area contributed by atoms with Crippen molar-refractivity contribution in [2.24, 2.45) is 0 Å². The summed E-state index contributed by atoms with van der Waals surface area (Å²) in [6.07, 6.45) is 3.99. The lowest BCUT2D eigenvalue weighted by Crippen LogP contribution is -2.24. The highest BCUT2D eigenvalue weighted by atomic mass is 15.3. The second-order valence-electron chi connectivity index (χ2n) is 3.00. The SMILES string of the molecule is CB1CCn2ncnc2C1. The summed E-state index contributed by atoms with van der Waals surface area (Å²) in [6, 6.07) is 0. The second kappa shape index (κ2) is 2.11. The summed E-state index contributed by atoms with van der Waals surface area (Å²) in [5.41, 5.74) is 0. The molecule has 0 saturated carbocycles. The minimum absolute atomic E-state index is 0.789. The van der Waals surface area contributed by atoms with Crippen LogP contribution in [0.1, 0.15) is 5.82 Å². The third-order valence-corrected chi connectivity index (χ3v) is 2.06. The summed E-state index contributed by atoms with van der Waals surface area (Å²) in [5.74, 6) is 1.15. The van der Waals surface area contributed by atoms with Gasteiger partial charge in [-0.25, -0.2) is 4.98 Å². The molecule has 0 radical (unpaired) electrons. The fourth-order valence-corrected chi connectivity index (χ4v) is 1.39. The molecule has 0 atom stereocenters. The third kappa shape index (κ3) is 0.837. The molecule has 0 saturated heterocycles. The number of nitrogens with zero attached hydrogens (tertiary/aromatic N) is 3. The topological polar surface area (TPSA) is 30.7 Å². The van der Waals surface area contributed by atoms with E-state index in [2.05, 4.69) is 16.9 Å². The highest BCUT2D eigenvalue weighted by Gasteiger charge is 2.18. The predicted molar refractivity (Wildman–Crippen MR) is 40.2 cm³/mol. The molecule has 2 rings (SSSR count). The normalized spacial score (nSPS) is 17.1. The molecule has 10 heavy (non-hydrogen) atoms. The molecule has 0 fully saturated rings. The molecular weight excluding hydrogens is 125 g/mol. The number of rotatable bonds is 0. The quantitative estimate of drug-likeness (QED) is 0.485. The summed E-state index contributed by atoms with van der Waals surface area (Å²) in [6.45, 7) is 4.10. The van der Waals surface area contributed by atoms with E-state index in [-0.39, 0.29) is 0 Å². The molecule has 2 heterocycles. The molecule has 0 aromatic carbocycles. The molecule has 1 aliphatic heterocycles. The minimum atomic E-state index is 0.789. The Morgan fingerprint density at radius 2 is 2.60 bits per heavy atom. The molecule has 3 nitrogen and oxygen atoms in total. The summed E-state index contributed by atoms with van der Waals surface area (Å²) in [5, 5.41) is 4.10. The molecule has 0 spiro atoms. The Balaban J connectivity index is 2.30. The lowest BCUT2D eigenvalue weighted by atomic mass is 9.46. The molecule has 0 amide bonds. The smallest absolute Gasteiger partial charge is 0.147 e. The Kier molecular flexibility index (Phi) is 1.26. The number of hydrogen-bond acceptors (Lipinski definition) is 2. The zero-order valence-corrected chi connectivity index (χ0v) is 6.12. The van der Waals surface area contributed by atoms with Gasteiger partial charge in [-0.15, -0.1) is 0 Å². The summed E-state index contributed by atoms with van der Waals surface area (Å²) in [4.78, 5) is 4.16. The largest absolute Gasteiger partial charge is 0.252 e. The molecule has 0 unspecified atom stereocenters. The maximum absolute atomic E-state index is 4.16. The third-order valence-electron chi connectivity index (χ3n) is 2.06. The van der Waals surface area contributed by atoms with Gasteiger partial charge in [-0.2, -0.15) is 5.10 Å². The standard InChI is InChI=1S/C6H10BN3/c1-7-2-3-10-6(4-7)8-5-9-10/h5H,2-4H2,1H3. The maximum Gasteiger partial charge on any atom is 0.147 e. The van der Waals surface area contributed by atoms with Crippen LogP contribution in [0.25, 0.3) is 0 Å². The lowest BCUT2D eigenvalue weighted by Gasteiger charge is -2.15. The van der Waals surface area contributed by atoms with Crippen molar-refractivity contribution in [1.82, 2.24) is 14.8 Å². The van der Waals surface area contributed by atoms with E-state index in [4.69, 9.17) is 0 Å². The van der Waals surface area contributed by atoms with Crippen LogP contribution in [0.2, 0.25) is 13.1 Å². The van der Waals surface area contributed by atoms with E-state index in [0.717, 1.165) is 25.4 Å². The van der Waals surface area contributed by atoms with Crippen LogP contribution >= 0.6 is 0 Å². The van der Waals surface area contributed by atoms with Crippen molar-refractivity contribution in [1.29, 1.82) is 0 Å². The first-order valence-corrected chi connectivity index (χ1v) is 3.73. The van der Waals surface area contributed by atoms with E-state index in [9.17, 15) is 0 Å². The van der Waals surface area contributed by atoms with E-state index in [1.807, 2.05) is 4.68 Å². The fraction of sp³-hybridized carbons (Fsp3) is 0.667. The van der Waals surface area contributed by atoms with Crippen molar-refractivity contribution in [3.8, 4) is 0 Å². The van der Waals surface area contributed by atoms with E-state index in [1.54, 1.807) is 6.33 Å². The molecular formula is C6H10BN3. The van der Waals surface area contributed by atoms with Gasteiger partial charge < -0.3 is 0 Å². The Morgan fingerprint density at radius 3 is 3.50 bits per heavy atom. The first kappa shape index (κ1) is 5.95. The number of fused-ring (bicyclic) bond motifs is 1. The van der Waals surface area contributed by atoms with Gasteiger partial charge in [0.25, 0.3) is 0 Å². The minimum Gasteiger partial charge on any atom is -0.252 e. The van der Waals surface area contributed by atoms with E-state index < -0.39 is 0 Å². The highest BCUT2D eigenvalue weighted by Crippen LogP contribution is 2.10. The summed E-state index contributed by atoms with van der Waals surface area (Å²) in [7, 11) is 0. The van der Waals surface area contributed by atoms with Crippen LogP contribution in [0.5, 0.6) is 0 Å². The molecule has 0 aliphatic carbocycles. The Hall–Kier alpha value is -0.795. The van der Waals surface area contributed by atoms with Crippen LogP contribution < -0.4 is 0 Å². The van der Waals surface area contributed by atoms with Crippen LogP contribution in [0.3, 0.4) is 0 Å².